The second-order valence-electron chi connectivity index (χ2n) is 5.70. The standard InChI is InChI=1S/C17H24N2O4/c1-13(19-16(21)15-9-5-6-10-18-15)17(23-12-20)22-11-14-7-3-2-4-8-14/h2-4,7-8,12-13,15,17-18H,5-6,9-11H2,1H3,(H,19,21)/t13?,15-,17?/m0/s1. The van der Waals surface area contributed by atoms with Crippen LogP contribution in [0.15, 0.2) is 30.3 Å². The maximum Gasteiger partial charge on any atom is 0.295 e. The largest absolute Gasteiger partial charge is 0.436 e. The molecule has 6 nitrogen and oxygen atoms in total. The highest BCUT2D eigenvalue weighted by Crippen LogP contribution is 2.10. The molecule has 1 aromatic carbocycles. The van der Waals surface area contributed by atoms with Crippen molar-refractivity contribution < 1.29 is 19.1 Å². The van der Waals surface area contributed by atoms with Crippen LogP contribution in [0.25, 0.3) is 0 Å². The van der Waals surface area contributed by atoms with Gasteiger partial charge >= 0.3 is 0 Å². The van der Waals surface area contributed by atoms with E-state index >= 15 is 0 Å². The average molecular weight is 320 g/mol. The van der Waals surface area contributed by atoms with Crippen LogP contribution in [-0.4, -0.2) is 37.3 Å². The number of ether oxygens (including phenoxy) is 2. The first-order chi connectivity index (χ1) is 11.2. The van der Waals surface area contributed by atoms with Gasteiger partial charge in [-0.1, -0.05) is 36.8 Å². The predicted octanol–water partition coefficient (Wildman–Crippen LogP) is 1.35. The summed E-state index contributed by atoms with van der Waals surface area (Å²) in [6.45, 7) is 3.27. The molecule has 1 fully saturated rings. The number of amides is 1. The molecule has 1 amide bonds. The molecule has 3 atom stereocenters. The SMILES string of the molecule is CC(NC(=O)[C@@H]1CCCCN1)C(OC=O)OCc1ccccc1. The highest BCUT2D eigenvalue weighted by molar-refractivity contribution is 5.82. The summed E-state index contributed by atoms with van der Waals surface area (Å²) >= 11 is 0. The van der Waals surface area contributed by atoms with E-state index in [1.165, 1.54) is 0 Å². The fourth-order valence-corrected chi connectivity index (χ4v) is 2.58. The van der Waals surface area contributed by atoms with Gasteiger partial charge in [0.05, 0.1) is 18.7 Å². The first-order valence-corrected chi connectivity index (χ1v) is 7.99. The molecule has 6 heteroatoms. The zero-order valence-corrected chi connectivity index (χ0v) is 13.4. The molecule has 0 aromatic heterocycles. The average Bonchev–Trinajstić information content (AvgIpc) is 2.60. The number of hydrogen-bond acceptors (Lipinski definition) is 5. The number of nitrogens with one attached hydrogen (secondary N) is 2. The van der Waals surface area contributed by atoms with Crippen LogP contribution in [0.5, 0.6) is 0 Å². The molecular formula is C17H24N2O4. The van der Waals surface area contributed by atoms with Gasteiger partial charge in [-0.05, 0) is 31.9 Å². The summed E-state index contributed by atoms with van der Waals surface area (Å²) in [5.41, 5.74) is 0.972. The lowest BCUT2D eigenvalue weighted by molar-refractivity contribution is -0.175. The van der Waals surface area contributed by atoms with Crippen LogP contribution >= 0.6 is 0 Å². The van der Waals surface area contributed by atoms with Crippen molar-refractivity contribution in [2.75, 3.05) is 6.54 Å². The van der Waals surface area contributed by atoms with E-state index in [0.29, 0.717) is 13.1 Å². The molecule has 23 heavy (non-hydrogen) atoms. The molecule has 1 aliphatic rings. The van der Waals surface area contributed by atoms with Crippen molar-refractivity contribution in [3.63, 3.8) is 0 Å². The van der Waals surface area contributed by atoms with Crippen molar-refractivity contribution >= 4 is 12.4 Å². The maximum absolute atomic E-state index is 12.2. The molecule has 0 spiro atoms. The van der Waals surface area contributed by atoms with Crippen LogP contribution in [-0.2, 0) is 25.7 Å². The lowest BCUT2D eigenvalue weighted by Gasteiger charge is -2.27. The highest BCUT2D eigenvalue weighted by atomic mass is 16.7. The Kier molecular flexibility index (Phi) is 7.03. The fraction of sp³-hybridized carbons (Fsp3) is 0.529. The molecule has 1 heterocycles. The number of benzene rings is 1. The molecule has 1 aliphatic heterocycles. The Labute approximate surface area is 136 Å². The van der Waals surface area contributed by atoms with Crippen LogP contribution in [0.4, 0.5) is 0 Å². The van der Waals surface area contributed by atoms with E-state index in [0.717, 1.165) is 31.4 Å². The second-order valence-corrected chi connectivity index (χ2v) is 5.70. The minimum Gasteiger partial charge on any atom is -0.436 e. The van der Waals surface area contributed by atoms with Gasteiger partial charge < -0.3 is 20.1 Å². The number of rotatable bonds is 8. The van der Waals surface area contributed by atoms with Gasteiger partial charge in [-0.25, -0.2) is 0 Å². The Bertz CT molecular complexity index is 489. The topological polar surface area (TPSA) is 76.7 Å². The Morgan fingerprint density at radius 3 is 2.83 bits per heavy atom. The van der Waals surface area contributed by atoms with Gasteiger partial charge in [0.1, 0.15) is 0 Å². The van der Waals surface area contributed by atoms with E-state index in [-0.39, 0.29) is 11.9 Å². The molecular weight excluding hydrogens is 296 g/mol. The Morgan fingerprint density at radius 1 is 1.39 bits per heavy atom. The monoisotopic (exact) mass is 320 g/mol. The van der Waals surface area contributed by atoms with Crippen LogP contribution in [0.3, 0.4) is 0 Å². The summed E-state index contributed by atoms with van der Waals surface area (Å²) in [6, 6.07) is 8.98. The van der Waals surface area contributed by atoms with E-state index in [2.05, 4.69) is 10.6 Å². The number of carbonyl (C=O) groups is 2. The quantitative estimate of drug-likeness (QED) is 0.558. The van der Waals surface area contributed by atoms with Crippen molar-refractivity contribution in [3.8, 4) is 0 Å². The Balaban J connectivity index is 1.85. The highest BCUT2D eigenvalue weighted by Gasteiger charge is 2.26. The molecule has 1 aromatic rings. The van der Waals surface area contributed by atoms with Gasteiger partial charge in [0, 0.05) is 0 Å². The van der Waals surface area contributed by atoms with Crippen molar-refractivity contribution in [1.82, 2.24) is 10.6 Å². The summed E-state index contributed by atoms with van der Waals surface area (Å²) < 4.78 is 10.6. The predicted molar refractivity (Wildman–Crippen MR) is 85.4 cm³/mol. The Hall–Kier alpha value is -1.92. The fourth-order valence-electron chi connectivity index (χ4n) is 2.58. The van der Waals surface area contributed by atoms with E-state index in [9.17, 15) is 9.59 Å². The number of carbonyl (C=O) groups excluding carboxylic acids is 2. The molecule has 2 unspecified atom stereocenters. The zero-order chi connectivity index (χ0) is 16.5. The molecule has 0 bridgehead atoms. The van der Waals surface area contributed by atoms with E-state index in [4.69, 9.17) is 9.47 Å². The van der Waals surface area contributed by atoms with Crippen LogP contribution < -0.4 is 10.6 Å². The van der Waals surface area contributed by atoms with Crippen molar-refractivity contribution in [3.05, 3.63) is 35.9 Å². The van der Waals surface area contributed by atoms with Crippen molar-refractivity contribution in [2.24, 2.45) is 0 Å². The summed E-state index contributed by atoms with van der Waals surface area (Å²) in [4.78, 5) is 22.9. The summed E-state index contributed by atoms with van der Waals surface area (Å²) in [5.74, 6) is -0.0833. The van der Waals surface area contributed by atoms with Gasteiger partial charge in [-0.2, -0.15) is 0 Å². The minimum absolute atomic E-state index is 0.0833. The minimum atomic E-state index is -0.819. The summed E-state index contributed by atoms with van der Waals surface area (Å²) in [7, 11) is 0. The first-order valence-electron chi connectivity index (χ1n) is 7.99. The van der Waals surface area contributed by atoms with E-state index in [1.807, 2.05) is 30.3 Å². The van der Waals surface area contributed by atoms with Crippen molar-refractivity contribution in [2.45, 2.75) is 51.2 Å². The molecule has 2 N–H and O–H groups in total. The van der Waals surface area contributed by atoms with Gasteiger partial charge in [0.15, 0.2) is 0 Å². The van der Waals surface area contributed by atoms with Crippen LogP contribution in [0.1, 0.15) is 31.7 Å². The third-order valence-electron chi connectivity index (χ3n) is 3.85. The van der Waals surface area contributed by atoms with Crippen molar-refractivity contribution in [1.29, 1.82) is 0 Å². The lowest BCUT2D eigenvalue weighted by atomic mass is 10.0. The molecule has 126 valence electrons. The number of hydrogen-bond donors (Lipinski definition) is 2. The Morgan fingerprint density at radius 2 is 2.17 bits per heavy atom. The second kappa shape index (κ2) is 9.27. The zero-order valence-electron chi connectivity index (χ0n) is 13.4. The van der Waals surface area contributed by atoms with Gasteiger partial charge in [0.25, 0.3) is 6.47 Å². The third kappa shape index (κ3) is 5.65. The summed E-state index contributed by atoms with van der Waals surface area (Å²) in [5, 5.41) is 6.05. The van der Waals surface area contributed by atoms with E-state index < -0.39 is 12.3 Å². The van der Waals surface area contributed by atoms with Gasteiger partial charge in [-0.3, -0.25) is 9.59 Å². The lowest BCUT2D eigenvalue weighted by Crippen LogP contribution is -2.52. The third-order valence-corrected chi connectivity index (χ3v) is 3.85. The first kappa shape index (κ1) is 17.4. The summed E-state index contributed by atoms with van der Waals surface area (Å²) in [6.07, 6.45) is 2.14. The smallest absolute Gasteiger partial charge is 0.295 e. The molecule has 0 aliphatic carbocycles. The van der Waals surface area contributed by atoms with Crippen LogP contribution in [0.2, 0.25) is 0 Å². The van der Waals surface area contributed by atoms with Gasteiger partial charge in [0.2, 0.25) is 12.2 Å². The van der Waals surface area contributed by atoms with Gasteiger partial charge in [-0.15, -0.1) is 0 Å². The van der Waals surface area contributed by atoms with E-state index in [1.54, 1.807) is 6.92 Å². The number of piperidine rings is 1. The molecule has 2 rings (SSSR count). The molecule has 1 saturated heterocycles. The molecule has 0 saturated carbocycles. The van der Waals surface area contributed by atoms with Crippen LogP contribution in [0, 0.1) is 0 Å². The maximum atomic E-state index is 12.2. The molecule has 0 radical (unpaired) electrons. The normalized spacial score (nSPS) is 20.3.